The Morgan fingerprint density at radius 1 is 1.23 bits per heavy atom. The van der Waals surface area contributed by atoms with Gasteiger partial charge < -0.3 is 19.9 Å². The van der Waals surface area contributed by atoms with E-state index < -0.39 is 0 Å². The standard InChI is InChI=1S/C22H35N5O3/c1-26(2)22-24-14-18(21(29)23-10-12-30-3)20(25-22)17-9-11-27(15-17)19(28)13-16-7-5-4-6-8-16/h14,16-17H,4-13,15H2,1-3H3,(H,23,29). The number of carbonyl (C=O) groups excluding carboxylic acids is 2. The molecule has 3 rings (SSSR count). The molecule has 0 aromatic carbocycles. The van der Waals surface area contributed by atoms with Crippen LogP contribution in [0.5, 0.6) is 0 Å². The van der Waals surface area contributed by atoms with Gasteiger partial charge in [-0.3, -0.25) is 9.59 Å². The maximum atomic E-state index is 12.9. The van der Waals surface area contributed by atoms with Crippen LogP contribution in [-0.4, -0.2) is 74.1 Å². The Morgan fingerprint density at radius 2 is 2.00 bits per heavy atom. The summed E-state index contributed by atoms with van der Waals surface area (Å²) in [7, 11) is 5.36. The Kier molecular flexibility index (Phi) is 8.01. The molecule has 30 heavy (non-hydrogen) atoms. The molecule has 1 unspecified atom stereocenters. The van der Waals surface area contributed by atoms with Crippen LogP contribution in [0.3, 0.4) is 0 Å². The van der Waals surface area contributed by atoms with Crippen LogP contribution in [0.4, 0.5) is 5.95 Å². The van der Waals surface area contributed by atoms with Gasteiger partial charge in [0.1, 0.15) is 0 Å². The number of amides is 2. The fourth-order valence-electron chi connectivity index (χ4n) is 4.43. The van der Waals surface area contributed by atoms with Gasteiger partial charge in [-0.05, 0) is 25.2 Å². The van der Waals surface area contributed by atoms with E-state index in [4.69, 9.17) is 9.72 Å². The molecule has 1 aromatic heterocycles. The van der Waals surface area contributed by atoms with E-state index in [0.29, 0.717) is 43.5 Å². The summed E-state index contributed by atoms with van der Waals surface area (Å²) in [5.74, 6) is 1.21. The molecule has 1 saturated carbocycles. The zero-order valence-electron chi connectivity index (χ0n) is 18.5. The van der Waals surface area contributed by atoms with E-state index in [9.17, 15) is 9.59 Å². The average Bonchev–Trinajstić information content (AvgIpc) is 3.24. The van der Waals surface area contributed by atoms with Gasteiger partial charge in [0, 0.05) is 59.4 Å². The lowest BCUT2D eigenvalue weighted by Crippen LogP contribution is -2.31. The molecular weight excluding hydrogens is 382 g/mol. The fraction of sp³-hybridized carbons (Fsp3) is 0.727. The first kappa shape index (κ1) is 22.5. The summed E-state index contributed by atoms with van der Waals surface area (Å²) in [5.41, 5.74) is 1.22. The first-order valence-corrected chi connectivity index (χ1v) is 11.1. The highest BCUT2D eigenvalue weighted by Crippen LogP contribution is 2.32. The van der Waals surface area contributed by atoms with Crippen LogP contribution in [-0.2, 0) is 9.53 Å². The van der Waals surface area contributed by atoms with Crippen molar-refractivity contribution in [3.05, 3.63) is 17.5 Å². The van der Waals surface area contributed by atoms with Gasteiger partial charge in [-0.1, -0.05) is 19.3 Å². The van der Waals surface area contributed by atoms with Crippen molar-refractivity contribution in [3.63, 3.8) is 0 Å². The number of nitrogens with zero attached hydrogens (tertiary/aromatic N) is 4. The number of aromatic nitrogens is 2. The second kappa shape index (κ2) is 10.7. The predicted octanol–water partition coefficient (Wildman–Crippen LogP) is 2.21. The van der Waals surface area contributed by atoms with Crippen LogP contribution in [0.1, 0.15) is 66.9 Å². The first-order valence-electron chi connectivity index (χ1n) is 11.1. The monoisotopic (exact) mass is 417 g/mol. The lowest BCUT2D eigenvalue weighted by atomic mass is 9.87. The second-order valence-corrected chi connectivity index (χ2v) is 8.65. The summed E-state index contributed by atoms with van der Waals surface area (Å²) >= 11 is 0. The van der Waals surface area contributed by atoms with Crippen LogP contribution in [0, 0.1) is 5.92 Å². The third-order valence-electron chi connectivity index (χ3n) is 6.16. The third kappa shape index (κ3) is 5.68. The molecule has 0 radical (unpaired) electrons. The maximum Gasteiger partial charge on any atom is 0.254 e. The van der Waals surface area contributed by atoms with Gasteiger partial charge in [0.15, 0.2) is 0 Å². The number of methoxy groups -OCH3 is 1. The van der Waals surface area contributed by atoms with E-state index in [-0.39, 0.29) is 17.7 Å². The van der Waals surface area contributed by atoms with E-state index in [1.54, 1.807) is 13.3 Å². The average molecular weight is 418 g/mol. The van der Waals surface area contributed by atoms with Crippen molar-refractivity contribution in [2.75, 3.05) is 52.3 Å². The lowest BCUT2D eigenvalue weighted by Gasteiger charge is -2.24. The molecule has 2 heterocycles. The summed E-state index contributed by atoms with van der Waals surface area (Å²) in [6.45, 7) is 2.22. The molecule has 8 heteroatoms. The molecule has 2 amide bonds. The van der Waals surface area contributed by atoms with Crippen LogP contribution in [0.25, 0.3) is 0 Å². The van der Waals surface area contributed by atoms with Crippen molar-refractivity contribution in [3.8, 4) is 0 Å². The van der Waals surface area contributed by atoms with Gasteiger partial charge in [0.05, 0.1) is 17.9 Å². The van der Waals surface area contributed by atoms with Crippen molar-refractivity contribution in [1.82, 2.24) is 20.2 Å². The van der Waals surface area contributed by atoms with Gasteiger partial charge in [0.25, 0.3) is 5.91 Å². The number of nitrogens with one attached hydrogen (secondary N) is 1. The predicted molar refractivity (Wildman–Crippen MR) is 116 cm³/mol. The normalized spacial score (nSPS) is 19.7. The molecule has 2 aliphatic rings. The largest absolute Gasteiger partial charge is 0.383 e. The molecule has 0 spiro atoms. The van der Waals surface area contributed by atoms with Crippen molar-refractivity contribution >= 4 is 17.8 Å². The molecule has 0 bridgehead atoms. The molecule has 1 N–H and O–H groups in total. The first-order chi connectivity index (χ1) is 14.5. The van der Waals surface area contributed by atoms with Crippen molar-refractivity contribution in [1.29, 1.82) is 0 Å². The van der Waals surface area contributed by atoms with Gasteiger partial charge in [-0.15, -0.1) is 0 Å². The van der Waals surface area contributed by atoms with Crippen molar-refractivity contribution in [2.45, 2.75) is 50.9 Å². The Hall–Kier alpha value is -2.22. The smallest absolute Gasteiger partial charge is 0.254 e. The molecule has 8 nitrogen and oxygen atoms in total. The number of hydrogen-bond donors (Lipinski definition) is 1. The minimum absolute atomic E-state index is 0.0465. The van der Waals surface area contributed by atoms with E-state index in [2.05, 4.69) is 10.3 Å². The number of hydrogen-bond acceptors (Lipinski definition) is 6. The van der Waals surface area contributed by atoms with Gasteiger partial charge >= 0.3 is 0 Å². The number of carbonyl (C=O) groups is 2. The number of ether oxygens (including phenoxy) is 1. The van der Waals surface area contributed by atoms with E-state index >= 15 is 0 Å². The fourth-order valence-corrected chi connectivity index (χ4v) is 4.43. The Morgan fingerprint density at radius 3 is 2.70 bits per heavy atom. The maximum absolute atomic E-state index is 12.9. The molecule has 2 fully saturated rings. The Labute approximate surface area is 179 Å². The minimum Gasteiger partial charge on any atom is -0.383 e. The number of anilines is 1. The van der Waals surface area contributed by atoms with Crippen molar-refractivity contribution in [2.24, 2.45) is 5.92 Å². The lowest BCUT2D eigenvalue weighted by molar-refractivity contribution is -0.131. The third-order valence-corrected chi connectivity index (χ3v) is 6.16. The topological polar surface area (TPSA) is 87.7 Å². The highest BCUT2D eigenvalue weighted by molar-refractivity contribution is 5.95. The van der Waals surface area contributed by atoms with E-state index in [1.165, 1.54) is 32.1 Å². The van der Waals surface area contributed by atoms with Gasteiger partial charge in [0.2, 0.25) is 11.9 Å². The summed E-state index contributed by atoms with van der Waals surface area (Å²) in [5, 5.41) is 2.86. The second-order valence-electron chi connectivity index (χ2n) is 8.65. The number of rotatable bonds is 8. The SMILES string of the molecule is COCCNC(=O)c1cnc(N(C)C)nc1C1CCN(C(=O)CC2CCCCC2)C1. The minimum atomic E-state index is -0.195. The highest BCUT2D eigenvalue weighted by Gasteiger charge is 2.32. The quantitative estimate of drug-likeness (QED) is 0.653. The van der Waals surface area contributed by atoms with Crippen molar-refractivity contribution < 1.29 is 14.3 Å². The van der Waals surface area contributed by atoms with Crippen LogP contribution >= 0.6 is 0 Å². The van der Waals surface area contributed by atoms with Gasteiger partial charge in [-0.2, -0.15) is 0 Å². The molecule has 166 valence electrons. The molecule has 1 aromatic rings. The molecule has 1 aliphatic heterocycles. The Bertz CT molecular complexity index is 733. The molecular formula is C22H35N5O3. The van der Waals surface area contributed by atoms with E-state index in [0.717, 1.165) is 18.7 Å². The summed E-state index contributed by atoms with van der Waals surface area (Å²) in [6, 6.07) is 0. The zero-order chi connectivity index (χ0) is 21.5. The van der Waals surface area contributed by atoms with E-state index in [1.807, 2.05) is 23.9 Å². The zero-order valence-corrected chi connectivity index (χ0v) is 18.5. The Balaban J connectivity index is 1.70. The summed E-state index contributed by atoms with van der Waals surface area (Å²) in [6.07, 6.45) is 9.22. The summed E-state index contributed by atoms with van der Waals surface area (Å²) in [4.78, 5) is 38.4. The highest BCUT2D eigenvalue weighted by atomic mass is 16.5. The van der Waals surface area contributed by atoms with Crippen LogP contribution in [0.15, 0.2) is 6.20 Å². The molecule has 1 atom stereocenters. The van der Waals surface area contributed by atoms with Crippen LogP contribution < -0.4 is 10.2 Å². The number of likely N-dealkylation sites (tertiary alicyclic amines) is 1. The molecule has 1 saturated heterocycles. The van der Waals surface area contributed by atoms with Gasteiger partial charge in [-0.25, -0.2) is 9.97 Å². The molecule has 1 aliphatic carbocycles. The van der Waals surface area contributed by atoms with Crippen LogP contribution in [0.2, 0.25) is 0 Å². The summed E-state index contributed by atoms with van der Waals surface area (Å²) < 4.78 is 5.01.